The van der Waals surface area contributed by atoms with Crippen LogP contribution in [-0.4, -0.2) is 34.1 Å². The van der Waals surface area contributed by atoms with Gasteiger partial charge in [-0.3, -0.25) is 4.79 Å². The molecule has 0 rings (SSSR count). The number of unbranched alkanes of at least 4 members (excludes halogenated alkanes) is 14. The molecule has 0 fully saturated rings. The summed E-state index contributed by atoms with van der Waals surface area (Å²) in [5, 5.41) is 8.52. The maximum absolute atomic E-state index is 10.3. The molecule has 2 nitrogen and oxygen atoms in total. The minimum absolute atomic E-state index is 0. The Bertz CT molecular complexity index is 213. The van der Waals surface area contributed by atoms with Gasteiger partial charge in [0.1, 0.15) is 0 Å². The summed E-state index contributed by atoms with van der Waals surface area (Å²) in [6.07, 6.45) is 20.2. The number of aliphatic carboxylic acids is 1. The van der Waals surface area contributed by atoms with Gasteiger partial charge in [0.05, 0.1) is 0 Å². The number of hydrogen-bond acceptors (Lipinski definition) is 1. The Morgan fingerprint density at radius 3 is 1.18 bits per heavy atom. The van der Waals surface area contributed by atoms with Gasteiger partial charge in [0.2, 0.25) is 0 Å². The predicted molar refractivity (Wildman–Crippen MR) is 95.7 cm³/mol. The van der Waals surface area contributed by atoms with Crippen LogP contribution in [0.25, 0.3) is 0 Å². The third-order valence-electron chi connectivity index (χ3n) is 3.99. The Labute approximate surface area is 182 Å². The van der Waals surface area contributed by atoms with Crippen molar-refractivity contribution in [1.82, 2.24) is 0 Å². The van der Waals surface area contributed by atoms with Crippen molar-refractivity contribution in [2.45, 2.75) is 110 Å². The van der Waals surface area contributed by atoms with Gasteiger partial charge in [0.25, 0.3) is 0 Å². The van der Waals surface area contributed by atoms with Crippen molar-refractivity contribution in [3.63, 3.8) is 0 Å². The summed E-state index contributed by atoms with van der Waals surface area (Å²) in [6, 6.07) is 0. The molecule has 0 aliphatic heterocycles. The number of rotatable bonds is 16. The molecule has 0 atom stereocenters. The fourth-order valence-electron chi connectivity index (χ4n) is 2.65. The van der Waals surface area contributed by atoms with Crippen LogP contribution in [0.2, 0.25) is 0 Å². The van der Waals surface area contributed by atoms with Crippen LogP contribution in [0.1, 0.15) is 110 Å². The molecule has 0 saturated carbocycles. The summed E-state index contributed by atoms with van der Waals surface area (Å²) >= 11 is 0. The van der Waals surface area contributed by atoms with E-state index in [0.29, 0.717) is 6.42 Å². The van der Waals surface area contributed by atoms with Gasteiger partial charge in [-0.25, -0.2) is 0 Å². The van der Waals surface area contributed by atoms with Gasteiger partial charge in [0, 0.05) is 42.0 Å². The van der Waals surface area contributed by atoms with Crippen molar-refractivity contribution in [2.24, 2.45) is 0 Å². The van der Waals surface area contributed by atoms with E-state index in [1.54, 1.807) is 0 Å². The van der Waals surface area contributed by atoms with Gasteiger partial charge in [-0.05, 0) is 6.42 Å². The number of carboxylic acid groups (broad SMARTS) is 1. The smallest absolute Gasteiger partial charge is 0.316 e. The summed E-state index contributed by atoms with van der Waals surface area (Å²) in [6.45, 7) is 2.27. The molecule has 127 valence electrons. The summed E-state index contributed by atoms with van der Waals surface area (Å²) in [5.74, 6) is -0.653. The molecular formula is C18H38LaMgO2. The first-order valence-corrected chi connectivity index (χ1v) is 8.99. The Morgan fingerprint density at radius 2 is 0.909 bits per heavy atom. The van der Waals surface area contributed by atoms with E-state index in [4.69, 9.17) is 5.11 Å². The van der Waals surface area contributed by atoms with Crippen molar-refractivity contribution in [3.05, 3.63) is 0 Å². The standard InChI is InChI=1S/C18H36O2.La.Mg.2H/c1-2-3-4-5-6-7-8-9-10-11-12-13-14-15-16-17-18(19)20;;;;/h2-17H2,1H3,(H,19,20);;;;. The molecule has 1 radical (unpaired) electrons. The number of carboxylic acids is 1. The molecule has 1 N–H and O–H groups in total. The minimum Gasteiger partial charge on any atom is -0.481 e. The quantitative estimate of drug-likeness (QED) is 0.252. The maximum Gasteiger partial charge on any atom is 0.316 e. The second-order valence-corrected chi connectivity index (χ2v) is 6.09. The molecule has 0 amide bonds. The molecule has 0 heterocycles. The first-order valence-electron chi connectivity index (χ1n) is 8.99. The fraction of sp³-hybridized carbons (Fsp3) is 0.944. The van der Waals surface area contributed by atoms with Crippen molar-refractivity contribution < 1.29 is 45.5 Å². The molecule has 22 heavy (non-hydrogen) atoms. The summed E-state index contributed by atoms with van der Waals surface area (Å²) < 4.78 is 0. The maximum atomic E-state index is 10.3. The molecule has 0 unspecified atom stereocenters. The van der Waals surface area contributed by atoms with Crippen LogP contribution in [0, 0.1) is 35.6 Å². The van der Waals surface area contributed by atoms with Gasteiger partial charge in [-0.15, -0.1) is 0 Å². The van der Waals surface area contributed by atoms with Crippen molar-refractivity contribution in [1.29, 1.82) is 0 Å². The molecule has 0 aromatic carbocycles. The summed E-state index contributed by atoms with van der Waals surface area (Å²) in [5.41, 5.74) is 0. The molecule has 0 saturated heterocycles. The number of hydrogen-bond donors (Lipinski definition) is 1. The van der Waals surface area contributed by atoms with Crippen LogP contribution in [0.15, 0.2) is 0 Å². The summed E-state index contributed by atoms with van der Waals surface area (Å²) in [4.78, 5) is 10.3. The van der Waals surface area contributed by atoms with Crippen LogP contribution >= 0.6 is 0 Å². The fourth-order valence-corrected chi connectivity index (χ4v) is 2.65. The van der Waals surface area contributed by atoms with E-state index in [0.717, 1.165) is 12.8 Å². The van der Waals surface area contributed by atoms with Crippen molar-refractivity contribution in [3.8, 4) is 0 Å². The largest absolute Gasteiger partial charge is 0.481 e. The van der Waals surface area contributed by atoms with Crippen molar-refractivity contribution in [2.75, 3.05) is 0 Å². The minimum atomic E-state index is -0.653. The van der Waals surface area contributed by atoms with E-state index in [9.17, 15) is 4.79 Å². The van der Waals surface area contributed by atoms with E-state index in [-0.39, 0.29) is 58.7 Å². The molecule has 0 aliphatic carbocycles. The van der Waals surface area contributed by atoms with Crippen molar-refractivity contribution >= 4 is 29.0 Å². The van der Waals surface area contributed by atoms with E-state index in [2.05, 4.69) is 6.92 Å². The Balaban J connectivity index is -0.00000180. The SMILES string of the molecule is CCCCCCCCCCCCCCCCCC(=O)O.[La].[MgH2]. The van der Waals surface area contributed by atoms with Crippen LogP contribution in [0.4, 0.5) is 0 Å². The van der Waals surface area contributed by atoms with E-state index >= 15 is 0 Å². The second-order valence-electron chi connectivity index (χ2n) is 6.09. The van der Waals surface area contributed by atoms with E-state index in [1.165, 1.54) is 83.5 Å². The Kier molecular flexibility index (Phi) is 31.7. The molecular weight excluding hydrogens is 411 g/mol. The first kappa shape index (κ1) is 28.2. The number of carbonyl (C=O) groups is 1. The molecule has 4 heteroatoms. The zero-order chi connectivity index (χ0) is 14.9. The third kappa shape index (κ3) is 26.3. The normalized spacial score (nSPS) is 9.86. The van der Waals surface area contributed by atoms with Crippen LogP contribution in [0.3, 0.4) is 0 Å². The zero-order valence-corrected chi connectivity index (χ0v) is 17.9. The van der Waals surface area contributed by atoms with Crippen LogP contribution in [-0.2, 0) is 4.79 Å². The Morgan fingerprint density at radius 1 is 0.636 bits per heavy atom. The predicted octanol–water partition coefficient (Wildman–Crippen LogP) is 5.42. The van der Waals surface area contributed by atoms with Gasteiger partial charge in [-0.1, -0.05) is 96.8 Å². The Hall–Kier alpha value is 1.43. The third-order valence-corrected chi connectivity index (χ3v) is 3.99. The molecule has 0 spiro atoms. The first-order chi connectivity index (χ1) is 9.77. The average molecular weight is 450 g/mol. The van der Waals surface area contributed by atoms with Gasteiger partial charge in [-0.2, -0.15) is 0 Å². The van der Waals surface area contributed by atoms with Gasteiger partial charge >= 0.3 is 29.0 Å². The monoisotopic (exact) mass is 449 g/mol. The van der Waals surface area contributed by atoms with Crippen LogP contribution < -0.4 is 0 Å². The molecule has 0 aliphatic rings. The molecule has 0 bridgehead atoms. The molecule has 0 aromatic heterocycles. The summed E-state index contributed by atoms with van der Waals surface area (Å²) in [7, 11) is 0. The zero-order valence-electron chi connectivity index (χ0n) is 14.2. The van der Waals surface area contributed by atoms with Gasteiger partial charge < -0.3 is 5.11 Å². The van der Waals surface area contributed by atoms with E-state index < -0.39 is 5.97 Å². The van der Waals surface area contributed by atoms with Gasteiger partial charge in [0.15, 0.2) is 0 Å². The molecule has 0 aromatic rings. The second kappa shape index (κ2) is 24.7. The van der Waals surface area contributed by atoms with Crippen LogP contribution in [0.5, 0.6) is 0 Å². The van der Waals surface area contributed by atoms with E-state index in [1.807, 2.05) is 0 Å². The average Bonchev–Trinajstić information content (AvgIpc) is 2.43. The topological polar surface area (TPSA) is 37.3 Å².